The molecular weight excluding hydrogens is 280 g/mol. The van der Waals surface area contributed by atoms with E-state index in [0.717, 1.165) is 24.4 Å². The normalized spacial score (nSPS) is 18.1. The number of amides is 1. The van der Waals surface area contributed by atoms with Crippen LogP contribution in [0.25, 0.3) is 11.3 Å². The van der Waals surface area contributed by atoms with Gasteiger partial charge in [0.2, 0.25) is 0 Å². The number of rotatable bonds is 4. The molecule has 0 unspecified atom stereocenters. The minimum Gasteiger partial charge on any atom is -0.461 e. The van der Waals surface area contributed by atoms with Crippen LogP contribution in [0, 0.1) is 6.92 Å². The van der Waals surface area contributed by atoms with Crippen molar-refractivity contribution in [1.82, 2.24) is 10.6 Å². The monoisotopic (exact) mass is 300 g/mol. The zero-order valence-electron chi connectivity index (χ0n) is 12.6. The lowest BCUT2D eigenvalue weighted by Gasteiger charge is -2.23. The van der Waals surface area contributed by atoms with Gasteiger partial charge in [-0.15, -0.1) is 0 Å². The van der Waals surface area contributed by atoms with E-state index in [-0.39, 0.29) is 12.0 Å². The lowest BCUT2D eigenvalue weighted by molar-refractivity contribution is 0.0287. The molecule has 1 fully saturated rings. The number of hydrogen-bond donors (Lipinski definition) is 2. The standard InChI is InChI=1S/C17H20N2O3/c1-12-9-15(16(22-12)13-5-3-2-4-6-13)17(20)19-11-14-10-18-7-8-21-14/h2-6,9,14,18H,7-8,10-11H2,1H3,(H,19,20)/t14-/m0/s1. The number of benzene rings is 1. The van der Waals surface area contributed by atoms with E-state index in [1.165, 1.54) is 0 Å². The summed E-state index contributed by atoms with van der Waals surface area (Å²) in [7, 11) is 0. The summed E-state index contributed by atoms with van der Waals surface area (Å²) < 4.78 is 11.3. The van der Waals surface area contributed by atoms with E-state index in [4.69, 9.17) is 9.15 Å². The molecule has 116 valence electrons. The molecule has 22 heavy (non-hydrogen) atoms. The summed E-state index contributed by atoms with van der Waals surface area (Å²) in [6.07, 6.45) is 0.0193. The molecule has 5 heteroatoms. The summed E-state index contributed by atoms with van der Waals surface area (Å²) in [4.78, 5) is 12.4. The number of morpholine rings is 1. The summed E-state index contributed by atoms with van der Waals surface area (Å²) in [5, 5.41) is 6.17. The van der Waals surface area contributed by atoms with Crippen LogP contribution in [0.5, 0.6) is 0 Å². The van der Waals surface area contributed by atoms with Gasteiger partial charge in [-0.25, -0.2) is 0 Å². The van der Waals surface area contributed by atoms with Gasteiger partial charge in [-0.3, -0.25) is 4.79 Å². The number of ether oxygens (including phenoxy) is 1. The summed E-state index contributed by atoms with van der Waals surface area (Å²) in [5.41, 5.74) is 1.46. The van der Waals surface area contributed by atoms with Crippen molar-refractivity contribution in [1.29, 1.82) is 0 Å². The molecule has 0 bridgehead atoms. The predicted molar refractivity (Wildman–Crippen MR) is 83.8 cm³/mol. The van der Waals surface area contributed by atoms with Crippen LogP contribution in [0.1, 0.15) is 16.1 Å². The summed E-state index contributed by atoms with van der Waals surface area (Å²) in [5.74, 6) is 1.20. The molecule has 2 heterocycles. The van der Waals surface area contributed by atoms with Crippen LogP contribution in [-0.2, 0) is 4.74 Å². The van der Waals surface area contributed by atoms with Crippen molar-refractivity contribution in [3.05, 3.63) is 47.7 Å². The first kappa shape index (κ1) is 14.8. The fourth-order valence-corrected chi connectivity index (χ4v) is 2.54. The fourth-order valence-electron chi connectivity index (χ4n) is 2.54. The van der Waals surface area contributed by atoms with Crippen LogP contribution < -0.4 is 10.6 Å². The van der Waals surface area contributed by atoms with Gasteiger partial charge in [0.05, 0.1) is 18.3 Å². The van der Waals surface area contributed by atoms with Crippen molar-refractivity contribution in [3.8, 4) is 11.3 Å². The average Bonchev–Trinajstić information content (AvgIpc) is 2.96. The van der Waals surface area contributed by atoms with Crippen molar-refractivity contribution >= 4 is 5.91 Å². The Balaban J connectivity index is 1.72. The molecule has 1 amide bonds. The third-order valence-corrected chi connectivity index (χ3v) is 3.63. The van der Waals surface area contributed by atoms with Crippen molar-refractivity contribution in [2.75, 3.05) is 26.2 Å². The molecule has 5 nitrogen and oxygen atoms in total. The number of hydrogen-bond acceptors (Lipinski definition) is 4. The van der Waals surface area contributed by atoms with E-state index < -0.39 is 0 Å². The Morgan fingerprint density at radius 2 is 2.18 bits per heavy atom. The molecule has 2 aromatic rings. The Hall–Kier alpha value is -2.11. The molecule has 1 saturated heterocycles. The van der Waals surface area contributed by atoms with Gasteiger partial charge >= 0.3 is 0 Å². The third kappa shape index (κ3) is 3.37. The Bertz CT molecular complexity index is 631. The van der Waals surface area contributed by atoms with Crippen molar-refractivity contribution in [2.24, 2.45) is 0 Å². The van der Waals surface area contributed by atoms with Crippen molar-refractivity contribution < 1.29 is 13.9 Å². The van der Waals surface area contributed by atoms with E-state index in [1.807, 2.05) is 37.3 Å². The fraction of sp³-hybridized carbons (Fsp3) is 0.353. The van der Waals surface area contributed by atoms with Crippen LogP contribution in [-0.4, -0.2) is 38.3 Å². The molecule has 0 radical (unpaired) electrons. The van der Waals surface area contributed by atoms with Crippen LogP contribution >= 0.6 is 0 Å². The predicted octanol–water partition coefficient (Wildman–Crippen LogP) is 1.97. The zero-order chi connectivity index (χ0) is 15.4. The quantitative estimate of drug-likeness (QED) is 0.906. The van der Waals surface area contributed by atoms with Crippen LogP contribution in [0.3, 0.4) is 0 Å². The van der Waals surface area contributed by atoms with Gasteiger partial charge in [0.25, 0.3) is 5.91 Å². The number of furan rings is 1. The van der Waals surface area contributed by atoms with E-state index in [9.17, 15) is 4.79 Å². The minimum atomic E-state index is -0.134. The molecule has 1 aromatic carbocycles. The first-order valence-corrected chi connectivity index (χ1v) is 7.50. The highest BCUT2D eigenvalue weighted by molar-refractivity contribution is 5.99. The van der Waals surface area contributed by atoms with Crippen LogP contribution in [0.15, 0.2) is 40.8 Å². The highest BCUT2D eigenvalue weighted by Crippen LogP contribution is 2.26. The molecule has 1 aliphatic heterocycles. The van der Waals surface area contributed by atoms with Gasteiger partial charge in [-0.05, 0) is 13.0 Å². The maximum atomic E-state index is 12.4. The number of nitrogens with one attached hydrogen (secondary N) is 2. The van der Waals surface area contributed by atoms with Gasteiger partial charge in [0.1, 0.15) is 11.5 Å². The van der Waals surface area contributed by atoms with Gasteiger partial charge in [-0.2, -0.15) is 0 Å². The largest absolute Gasteiger partial charge is 0.461 e. The number of carbonyl (C=O) groups is 1. The van der Waals surface area contributed by atoms with E-state index in [1.54, 1.807) is 6.07 Å². The molecule has 0 aliphatic carbocycles. The highest BCUT2D eigenvalue weighted by Gasteiger charge is 2.20. The second-order valence-corrected chi connectivity index (χ2v) is 5.37. The highest BCUT2D eigenvalue weighted by atomic mass is 16.5. The maximum absolute atomic E-state index is 12.4. The molecular formula is C17H20N2O3. The average molecular weight is 300 g/mol. The van der Waals surface area contributed by atoms with Crippen molar-refractivity contribution in [2.45, 2.75) is 13.0 Å². The minimum absolute atomic E-state index is 0.0193. The van der Waals surface area contributed by atoms with E-state index >= 15 is 0 Å². The molecule has 1 aromatic heterocycles. The zero-order valence-corrected chi connectivity index (χ0v) is 12.6. The molecule has 3 rings (SSSR count). The summed E-state index contributed by atoms with van der Waals surface area (Å²) >= 11 is 0. The van der Waals surface area contributed by atoms with Gasteiger partial charge < -0.3 is 19.8 Å². The second-order valence-electron chi connectivity index (χ2n) is 5.37. The Morgan fingerprint density at radius 3 is 2.91 bits per heavy atom. The van der Waals surface area contributed by atoms with Crippen molar-refractivity contribution in [3.63, 3.8) is 0 Å². The molecule has 0 saturated carbocycles. The maximum Gasteiger partial charge on any atom is 0.255 e. The van der Waals surface area contributed by atoms with Gasteiger partial charge in [0, 0.05) is 25.2 Å². The van der Waals surface area contributed by atoms with Gasteiger partial charge in [-0.1, -0.05) is 30.3 Å². The van der Waals surface area contributed by atoms with Crippen LogP contribution in [0.2, 0.25) is 0 Å². The first-order chi connectivity index (χ1) is 10.7. The van der Waals surface area contributed by atoms with E-state index in [0.29, 0.717) is 24.5 Å². The van der Waals surface area contributed by atoms with Gasteiger partial charge in [0.15, 0.2) is 0 Å². The Kier molecular flexibility index (Phi) is 4.56. The Morgan fingerprint density at radius 1 is 1.36 bits per heavy atom. The van der Waals surface area contributed by atoms with Crippen LogP contribution in [0.4, 0.5) is 0 Å². The number of carbonyl (C=O) groups excluding carboxylic acids is 1. The molecule has 1 atom stereocenters. The third-order valence-electron chi connectivity index (χ3n) is 3.63. The van der Waals surface area contributed by atoms with E-state index in [2.05, 4.69) is 10.6 Å². The molecule has 1 aliphatic rings. The second kappa shape index (κ2) is 6.77. The smallest absolute Gasteiger partial charge is 0.255 e. The Labute approximate surface area is 129 Å². The SMILES string of the molecule is Cc1cc(C(=O)NC[C@@H]2CNCCO2)c(-c2ccccc2)o1. The lowest BCUT2D eigenvalue weighted by Crippen LogP contribution is -2.45. The molecule has 0 spiro atoms. The summed E-state index contributed by atoms with van der Waals surface area (Å²) in [6, 6.07) is 11.4. The summed E-state index contributed by atoms with van der Waals surface area (Å²) in [6.45, 7) is 4.64. The lowest BCUT2D eigenvalue weighted by atomic mass is 10.1. The number of aryl methyl sites for hydroxylation is 1. The topological polar surface area (TPSA) is 63.5 Å². The molecule has 2 N–H and O–H groups in total. The first-order valence-electron chi connectivity index (χ1n) is 7.50.